The van der Waals surface area contributed by atoms with Crippen molar-refractivity contribution < 1.29 is 38.0 Å². The zero-order valence-corrected chi connectivity index (χ0v) is 21.7. The fourth-order valence-electron chi connectivity index (χ4n) is 5.69. The van der Waals surface area contributed by atoms with E-state index in [1.807, 2.05) is 0 Å². The van der Waals surface area contributed by atoms with Crippen LogP contribution in [0, 0.1) is 5.41 Å². The molecule has 0 saturated carbocycles. The van der Waals surface area contributed by atoms with Gasteiger partial charge in [-0.15, -0.1) is 11.8 Å². The molecule has 5 aliphatic rings. The second kappa shape index (κ2) is 9.77. The highest BCUT2D eigenvalue weighted by Crippen LogP contribution is 2.46. The van der Waals surface area contributed by atoms with Gasteiger partial charge < -0.3 is 31.2 Å². The molecule has 0 radical (unpaired) electrons. The number of alkyl halides is 1. The first-order valence-corrected chi connectivity index (χ1v) is 13.6. The highest BCUT2D eigenvalue weighted by atomic mass is 32.2. The van der Waals surface area contributed by atoms with Gasteiger partial charge in [0.15, 0.2) is 5.13 Å². The van der Waals surface area contributed by atoms with Crippen LogP contribution in [0.2, 0.25) is 0 Å². The average molecular weight is 570 g/mol. The molecule has 0 spiro atoms. The van der Waals surface area contributed by atoms with Crippen LogP contribution < -0.4 is 16.8 Å². The van der Waals surface area contributed by atoms with Gasteiger partial charge in [-0.2, -0.15) is 9.36 Å². The molecule has 0 aliphatic carbocycles. The van der Waals surface area contributed by atoms with E-state index in [0.717, 1.165) is 31.2 Å². The number of carbonyl (C=O) groups is 4. The Labute approximate surface area is 224 Å². The molecule has 5 aliphatic heterocycles. The van der Waals surface area contributed by atoms with E-state index in [1.54, 1.807) is 0 Å². The zero-order valence-electron chi connectivity index (χ0n) is 20.1. The maximum Gasteiger partial charge on any atom is 0.352 e. The van der Waals surface area contributed by atoms with Crippen molar-refractivity contribution in [2.45, 2.75) is 30.7 Å². The number of β-lactam (4-membered cyclic amide) rings is 1. The molecule has 6 N–H and O–H groups in total. The minimum absolute atomic E-state index is 0.0485. The van der Waals surface area contributed by atoms with Crippen molar-refractivity contribution >= 4 is 57.8 Å². The first kappa shape index (κ1) is 26.3. The SMILES string of the molecule is NC(=O)C12CC[N+](CC3=C(C(=O)O)N4C(=O)[C@@H](NC(=O)C(=NOCF)c5nsc(N)n5)[C@@H]4SC3)(CC1)CC2. The summed E-state index contributed by atoms with van der Waals surface area (Å²) >= 11 is 2.14. The number of hydrogen-bond acceptors (Lipinski definition) is 11. The molecular formula is C21H26FN8O6S2+. The summed E-state index contributed by atoms with van der Waals surface area (Å²) in [5.41, 5.74) is 10.9. The third-order valence-electron chi connectivity index (χ3n) is 7.85. The van der Waals surface area contributed by atoms with Gasteiger partial charge in [0.25, 0.3) is 18.7 Å². The summed E-state index contributed by atoms with van der Waals surface area (Å²) in [6, 6.07) is -1.04. The van der Waals surface area contributed by atoms with E-state index in [2.05, 4.69) is 24.7 Å². The number of carboxylic acids is 1. The van der Waals surface area contributed by atoms with Crippen LogP contribution in [0.4, 0.5) is 9.52 Å². The monoisotopic (exact) mass is 569 g/mol. The van der Waals surface area contributed by atoms with E-state index in [0.29, 0.717) is 41.6 Å². The molecule has 204 valence electrons. The predicted octanol–water partition coefficient (Wildman–Crippen LogP) is -1.01. The third-order valence-corrected chi connectivity index (χ3v) is 9.73. The number of amides is 3. The normalized spacial score (nSPS) is 30.5. The van der Waals surface area contributed by atoms with Crippen molar-refractivity contribution in [1.82, 2.24) is 19.6 Å². The molecule has 4 saturated heterocycles. The Morgan fingerprint density at radius 1 is 1.29 bits per heavy atom. The number of rotatable bonds is 9. The predicted molar refractivity (Wildman–Crippen MR) is 133 cm³/mol. The van der Waals surface area contributed by atoms with Gasteiger partial charge in [-0.05, 0) is 0 Å². The number of hydrogen-bond donors (Lipinski definition) is 4. The highest BCUT2D eigenvalue weighted by molar-refractivity contribution is 8.00. The molecule has 2 atom stereocenters. The summed E-state index contributed by atoms with van der Waals surface area (Å²) in [5.74, 6) is -2.80. The zero-order chi connectivity index (χ0) is 27.2. The minimum atomic E-state index is -1.30. The number of nitrogens with two attached hydrogens (primary N) is 2. The Morgan fingerprint density at radius 3 is 2.53 bits per heavy atom. The number of carbonyl (C=O) groups excluding carboxylic acids is 3. The van der Waals surface area contributed by atoms with E-state index in [9.17, 15) is 28.7 Å². The molecule has 0 unspecified atom stereocenters. The van der Waals surface area contributed by atoms with Crippen molar-refractivity contribution in [3.63, 3.8) is 0 Å². The van der Waals surface area contributed by atoms with Gasteiger partial charge in [-0.3, -0.25) is 19.3 Å². The van der Waals surface area contributed by atoms with E-state index in [-0.39, 0.29) is 22.6 Å². The molecule has 17 heteroatoms. The van der Waals surface area contributed by atoms with Crippen LogP contribution in [0.3, 0.4) is 0 Å². The van der Waals surface area contributed by atoms with Gasteiger partial charge in [-0.25, -0.2) is 9.18 Å². The molecule has 14 nitrogen and oxygen atoms in total. The molecule has 1 aromatic rings. The fourth-order valence-corrected chi connectivity index (χ4v) is 7.46. The summed E-state index contributed by atoms with van der Waals surface area (Å²) in [4.78, 5) is 59.7. The Balaban J connectivity index is 1.32. The number of anilines is 1. The minimum Gasteiger partial charge on any atom is -0.477 e. The third kappa shape index (κ3) is 4.37. The van der Waals surface area contributed by atoms with E-state index >= 15 is 0 Å². The Hall–Kier alpha value is -3.31. The molecule has 2 bridgehead atoms. The van der Waals surface area contributed by atoms with Crippen LogP contribution >= 0.6 is 23.3 Å². The van der Waals surface area contributed by atoms with Crippen LogP contribution in [0.25, 0.3) is 0 Å². The van der Waals surface area contributed by atoms with Crippen LogP contribution in [0.5, 0.6) is 0 Å². The number of nitrogens with zero attached hydrogens (tertiary/aromatic N) is 5. The number of aromatic nitrogens is 2. The lowest BCUT2D eigenvalue weighted by Crippen LogP contribution is -2.71. The fraction of sp³-hybridized carbons (Fsp3) is 0.571. The number of quaternary nitrogens is 1. The number of piperidine rings is 3. The second-order valence-corrected chi connectivity index (χ2v) is 11.7. The first-order chi connectivity index (χ1) is 18.1. The number of carboxylic acid groups (broad SMARTS) is 1. The molecule has 0 aromatic carbocycles. The Kier molecular flexibility index (Phi) is 6.77. The van der Waals surface area contributed by atoms with Crippen molar-refractivity contribution in [3.05, 3.63) is 17.1 Å². The number of nitrogens with one attached hydrogen (secondary N) is 1. The molecule has 6 rings (SSSR count). The molecule has 4 fully saturated rings. The summed E-state index contributed by atoms with van der Waals surface area (Å²) in [7, 11) is 0. The lowest BCUT2D eigenvalue weighted by atomic mass is 9.70. The standard InChI is InChI=1S/C21H25FN8O6S2/c22-9-36-27-11(14-26-20(24)38-28-14)15(31)25-12-16(32)29-13(18(33)34)10(8-37-17(12)29)7-30-4-1-21(2-5-30,3-6-30)19(23)35/h12,17H,1-9H2,(H5-,23,24,25,26,28,31,33,34,35)/p+1/t12-,17+,21?,30?/m1/s1. The molecule has 1 aromatic heterocycles. The number of primary amides is 1. The molecule has 6 heterocycles. The summed E-state index contributed by atoms with van der Waals surface area (Å²) in [6.07, 6.45) is 2.00. The van der Waals surface area contributed by atoms with E-state index in [1.165, 1.54) is 16.7 Å². The van der Waals surface area contributed by atoms with Gasteiger partial charge in [0.1, 0.15) is 23.7 Å². The first-order valence-electron chi connectivity index (χ1n) is 11.8. The lowest BCUT2D eigenvalue weighted by Gasteiger charge is -2.55. The number of fused-ring (bicyclic) bond motifs is 4. The highest BCUT2D eigenvalue weighted by Gasteiger charge is 2.57. The number of aliphatic carboxylic acids is 1. The molecule has 38 heavy (non-hydrogen) atoms. The largest absolute Gasteiger partial charge is 0.477 e. The lowest BCUT2D eigenvalue weighted by molar-refractivity contribution is -0.940. The molecule has 3 amide bonds. The van der Waals surface area contributed by atoms with Crippen molar-refractivity contribution in [1.29, 1.82) is 0 Å². The number of halogens is 1. The van der Waals surface area contributed by atoms with E-state index < -0.39 is 47.2 Å². The number of nitrogen functional groups attached to an aromatic ring is 1. The maximum absolute atomic E-state index is 13.1. The van der Waals surface area contributed by atoms with Gasteiger partial charge in [0.05, 0.1) is 25.0 Å². The number of oxime groups is 1. The maximum atomic E-state index is 13.1. The van der Waals surface area contributed by atoms with Gasteiger partial charge in [-0.1, -0.05) is 5.16 Å². The summed E-state index contributed by atoms with van der Waals surface area (Å²) in [5, 5.41) is 15.4. The van der Waals surface area contributed by atoms with Crippen molar-refractivity contribution in [2.75, 3.05) is 44.5 Å². The average Bonchev–Trinajstić information content (AvgIpc) is 3.33. The van der Waals surface area contributed by atoms with Crippen LogP contribution in [-0.2, 0) is 24.0 Å². The van der Waals surface area contributed by atoms with Crippen molar-refractivity contribution in [2.24, 2.45) is 16.3 Å². The molecular weight excluding hydrogens is 543 g/mol. The van der Waals surface area contributed by atoms with Gasteiger partial charge >= 0.3 is 5.97 Å². The van der Waals surface area contributed by atoms with Crippen molar-refractivity contribution in [3.8, 4) is 0 Å². The topological polar surface area (TPSA) is 203 Å². The quantitative estimate of drug-likeness (QED) is 0.123. The number of thioether (sulfide) groups is 1. The second-order valence-electron chi connectivity index (χ2n) is 9.82. The Morgan fingerprint density at radius 2 is 1.97 bits per heavy atom. The summed E-state index contributed by atoms with van der Waals surface area (Å²) in [6.45, 7) is 1.32. The van der Waals surface area contributed by atoms with Crippen LogP contribution in [0.15, 0.2) is 16.4 Å². The Bertz CT molecular complexity index is 1240. The smallest absolute Gasteiger partial charge is 0.352 e. The van der Waals surface area contributed by atoms with E-state index in [4.69, 9.17) is 11.5 Å². The van der Waals surface area contributed by atoms with Gasteiger partial charge in [0.2, 0.25) is 17.4 Å². The van der Waals surface area contributed by atoms with Gasteiger partial charge in [0, 0.05) is 42.1 Å². The summed E-state index contributed by atoms with van der Waals surface area (Å²) < 4.78 is 17.1. The van der Waals surface area contributed by atoms with Crippen LogP contribution in [0.1, 0.15) is 25.1 Å². The van der Waals surface area contributed by atoms with Crippen LogP contribution in [-0.4, -0.2) is 103 Å².